The van der Waals surface area contributed by atoms with Crippen molar-refractivity contribution in [3.63, 3.8) is 0 Å². The van der Waals surface area contributed by atoms with Crippen LogP contribution in [0.4, 0.5) is 0 Å². The molecule has 1 atom stereocenters. The van der Waals surface area contributed by atoms with E-state index in [9.17, 15) is 9.90 Å². The van der Waals surface area contributed by atoms with Crippen LogP contribution in [-0.2, 0) is 14.3 Å². The number of hydrogen-bond acceptors (Lipinski definition) is 4. The molecule has 0 rings (SSSR count). The minimum absolute atomic E-state index is 0.190. The molecule has 0 aliphatic carbocycles. The van der Waals surface area contributed by atoms with E-state index in [1.54, 1.807) is 0 Å². The Morgan fingerprint density at radius 2 is 1.02 bits per heavy atom. The zero-order chi connectivity index (χ0) is 32.0. The monoisotopic (exact) mass is 610 g/mol. The molecule has 0 aromatic rings. The first-order chi connectivity index (χ1) is 21.7. The van der Waals surface area contributed by atoms with Crippen LogP contribution in [0, 0.1) is 0 Å². The molecular formula is C40H66O4. The fraction of sp³-hybridized carbons (Fsp3) is 0.625. The van der Waals surface area contributed by atoms with Crippen LogP contribution >= 0.6 is 0 Å². The van der Waals surface area contributed by atoms with Crippen LogP contribution in [0.2, 0.25) is 0 Å². The van der Waals surface area contributed by atoms with Crippen molar-refractivity contribution in [2.24, 2.45) is 0 Å². The summed E-state index contributed by atoms with van der Waals surface area (Å²) in [7, 11) is 0. The van der Waals surface area contributed by atoms with Gasteiger partial charge in [-0.1, -0.05) is 144 Å². The van der Waals surface area contributed by atoms with E-state index in [1.807, 2.05) is 0 Å². The molecule has 0 aromatic carbocycles. The van der Waals surface area contributed by atoms with Gasteiger partial charge in [0.25, 0.3) is 0 Å². The standard InChI is InChI=1S/C40H66O4/c1-3-5-7-9-11-12-13-14-15-16-17-18-19-20-21-22-23-24-25-26-27-28-29-31-33-35-40(42)44-39(37-41)38-43-36-34-32-30-10-8-6-4-2/h5,7,11-12,14-15,17-18,20-21,23-24,26-27,39,41H,3-4,6,8-10,13,16,19,22,25,28-38H2,1-2H3/b7-5-,12-11-,15-14-,18-17-,21-20-,24-23-,27-26-. The molecule has 0 aromatic heterocycles. The predicted molar refractivity (Wildman–Crippen MR) is 191 cm³/mol. The van der Waals surface area contributed by atoms with Gasteiger partial charge in [0.1, 0.15) is 6.10 Å². The Labute approximate surface area is 271 Å². The normalized spacial score (nSPS) is 13.4. The highest BCUT2D eigenvalue weighted by Crippen LogP contribution is 2.09. The van der Waals surface area contributed by atoms with Gasteiger partial charge in [-0.2, -0.15) is 0 Å². The van der Waals surface area contributed by atoms with E-state index in [0.29, 0.717) is 13.0 Å². The number of hydrogen-bond donors (Lipinski definition) is 1. The highest BCUT2D eigenvalue weighted by molar-refractivity contribution is 5.69. The smallest absolute Gasteiger partial charge is 0.306 e. The number of rotatable bonds is 31. The molecule has 1 N–H and O–H groups in total. The SMILES string of the molecule is CC/C=C\C/C=C\C/C=C\C/C=C\C/C=C\C/C=C\C/C=C\CCCCCC(=O)OC(CO)COCCCCCCCCC. The summed E-state index contributed by atoms with van der Waals surface area (Å²) >= 11 is 0. The van der Waals surface area contributed by atoms with Crippen molar-refractivity contribution in [2.75, 3.05) is 19.8 Å². The summed E-state index contributed by atoms with van der Waals surface area (Å²) in [6.45, 7) is 5.14. The number of allylic oxidation sites excluding steroid dienone is 14. The Balaban J connectivity index is 3.62. The lowest BCUT2D eigenvalue weighted by Gasteiger charge is -2.15. The molecule has 0 spiro atoms. The number of carbonyl (C=O) groups is 1. The van der Waals surface area contributed by atoms with Crippen LogP contribution in [0.25, 0.3) is 0 Å². The highest BCUT2D eigenvalue weighted by atomic mass is 16.6. The van der Waals surface area contributed by atoms with E-state index in [0.717, 1.165) is 77.0 Å². The third-order valence-electron chi connectivity index (χ3n) is 6.98. The molecule has 44 heavy (non-hydrogen) atoms. The molecule has 0 amide bonds. The van der Waals surface area contributed by atoms with Gasteiger partial charge in [0.15, 0.2) is 0 Å². The highest BCUT2D eigenvalue weighted by Gasteiger charge is 2.13. The molecule has 0 saturated heterocycles. The van der Waals surface area contributed by atoms with Gasteiger partial charge in [-0.3, -0.25) is 4.79 Å². The molecule has 0 saturated carbocycles. The minimum Gasteiger partial charge on any atom is -0.457 e. The number of unbranched alkanes of at least 4 members (excludes halogenated alkanes) is 9. The third-order valence-corrected chi connectivity index (χ3v) is 6.98. The van der Waals surface area contributed by atoms with E-state index in [2.05, 4.69) is 98.9 Å². The van der Waals surface area contributed by atoms with Gasteiger partial charge in [0.05, 0.1) is 13.2 Å². The number of carbonyl (C=O) groups excluding carboxylic acids is 1. The Hall–Kier alpha value is -2.43. The lowest BCUT2D eigenvalue weighted by molar-refractivity contribution is -0.154. The van der Waals surface area contributed by atoms with Crippen LogP contribution in [0.15, 0.2) is 85.1 Å². The molecular weight excluding hydrogens is 544 g/mol. The maximum Gasteiger partial charge on any atom is 0.306 e. The summed E-state index contributed by atoms with van der Waals surface area (Å²) in [5.74, 6) is -0.239. The first kappa shape index (κ1) is 41.6. The van der Waals surface area contributed by atoms with E-state index in [-0.39, 0.29) is 19.2 Å². The summed E-state index contributed by atoms with van der Waals surface area (Å²) in [4.78, 5) is 12.1. The van der Waals surface area contributed by atoms with Crippen LogP contribution < -0.4 is 0 Å². The lowest BCUT2D eigenvalue weighted by atomic mass is 10.1. The van der Waals surface area contributed by atoms with Gasteiger partial charge in [0, 0.05) is 13.0 Å². The zero-order valence-electron chi connectivity index (χ0n) is 28.4. The van der Waals surface area contributed by atoms with E-state index in [4.69, 9.17) is 9.47 Å². The molecule has 0 radical (unpaired) electrons. The number of aliphatic hydroxyl groups is 1. The molecule has 4 heteroatoms. The average molecular weight is 611 g/mol. The topological polar surface area (TPSA) is 55.8 Å². The van der Waals surface area contributed by atoms with Gasteiger partial charge in [-0.15, -0.1) is 0 Å². The van der Waals surface area contributed by atoms with Gasteiger partial charge in [0.2, 0.25) is 0 Å². The van der Waals surface area contributed by atoms with Gasteiger partial charge >= 0.3 is 5.97 Å². The minimum atomic E-state index is -0.552. The van der Waals surface area contributed by atoms with Crippen molar-refractivity contribution in [2.45, 2.75) is 142 Å². The fourth-order valence-electron chi connectivity index (χ4n) is 4.36. The van der Waals surface area contributed by atoms with E-state index in [1.165, 1.54) is 38.5 Å². The predicted octanol–water partition coefficient (Wildman–Crippen LogP) is 11.3. The van der Waals surface area contributed by atoms with E-state index >= 15 is 0 Å². The van der Waals surface area contributed by atoms with Crippen molar-refractivity contribution < 1.29 is 19.4 Å². The van der Waals surface area contributed by atoms with Gasteiger partial charge < -0.3 is 14.6 Å². The number of aliphatic hydroxyl groups excluding tert-OH is 1. The molecule has 250 valence electrons. The maximum absolute atomic E-state index is 12.1. The Morgan fingerprint density at radius 1 is 0.568 bits per heavy atom. The quantitative estimate of drug-likeness (QED) is 0.0482. The second kappa shape index (κ2) is 36.8. The summed E-state index contributed by atoms with van der Waals surface area (Å²) in [5, 5.41) is 9.48. The molecule has 4 nitrogen and oxygen atoms in total. The maximum atomic E-state index is 12.1. The summed E-state index contributed by atoms with van der Waals surface area (Å²) < 4.78 is 11.0. The number of esters is 1. The fourth-order valence-corrected chi connectivity index (χ4v) is 4.36. The summed E-state index contributed by atoms with van der Waals surface area (Å²) in [6, 6.07) is 0. The van der Waals surface area contributed by atoms with Crippen molar-refractivity contribution in [1.82, 2.24) is 0 Å². The summed E-state index contributed by atoms with van der Waals surface area (Å²) in [5.41, 5.74) is 0. The molecule has 0 aliphatic heterocycles. The third kappa shape index (κ3) is 34.1. The van der Waals surface area contributed by atoms with Gasteiger partial charge in [-0.05, 0) is 70.6 Å². The van der Waals surface area contributed by atoms with Crippen molar-refractivity contribution in [1.29, 1.82) is 0 Å². The molecule has 0 fully saturated rings. The number of ether oxygens (including phenoxy) is 2. The van der Waals surface area contributed by atoms with Crippen molar-refractivity contribution >= 4 is 5.97 Å². The largest absolute Gasteiger partial charge is 0.457 e. The molecule has 0 heterocycles. The van der Waals surface area contributed by atoms with Crippen LogP contribution in [0.5, 0.6) is 0 Å². The zero-order valence-corrected chi connectivity index (χ0v) is 28.4. The molecule has 0 aliphatic rings. The molecule has 1 unspecified atom stereocenters. The Bertz CT molecular complexity index is 815. The first-order valence-corrected chi connectivity index (χ1v) is 17.7. The summed E-state index contributed by atoms with van der Waals surface area (Å²) in [6.07, 6.45) is 50.5. The van der Waals surface area contributed by atoms with Crippen LogP contribution in [0.3, 0.4) is 0 Å². The second-order valence-corrected chi connectivity index (χ2v) is 11.2. The second-order valence-electron chi connectivity index (χ2n) is 11.2. The van der Waals surface area contributed by atoms with Crippen molar-refractivity contribution in [3.05, 3.63) is 85.1 Å². The lowest BCUT2D eigenvalue weighted by Crippen LogP contribution is -2.27. The molecule has 0 bridgehead atoms. The van der Waals surface area contributed by atoms with Crippen LogP contribution in [0.1, 0.15) is 136 Å². The Kier molecular flexibility index (Phi) is 34.7. The Morgan fingerprint density at radius 3 is 1.52 bits per heavy atom. The van der Waals surface area contributed by atoms with Crippen molar-refractivity contribution in [3.8, 4) is 0 Å². The van der Waals surface area contributed by atoms with Gasteiger partial charge in [-0.25, -0.2) is 0 Å². The van der Waals surface area contributed by atoms with Crippen LogP contribution in [-0.4, -0.2) is 37.0 Å². The average Bonchev–Trinajstić information content (AvgIpc) is 3.03. The first-order valence-electron chi connectivity index (χ1n) is 17.7. The van der Waals surface area contributed by atoms with E-state index < -0.39 is 6.10 Å².